The number of likely N-dealkylation sites (N-methyl/N-ethyl adjacent to an activating group) is 2. The van der Waals surface area contributed by atoms with Gasteiger partial charge in [0.15, 0.2) is 11.6 Å². The number of hydrogen-bond acceptors (Lipinski definition) is 15. The third-order valence-corrected chi connectivity index (χ3v) is 15.7. The van der Waals surface area contributed by atoms with Crippen molar-refractivity contribution in [2.75, 3.05) is 59.0 Å². The van der Waals surface area contributed by atoms with E-state index in [9.17, 15) is 32.8 Å². The first-order chi connectivity index (χ1) is 42.9. The molecule has 0 bridgehead atoms. The number of hydrogen-bond donors (Lipinski definition) is 4. The fraction of sp³-hybridized carbons (Fsp3) is 0.455. The predicted octanol–water partition coefficient (Wildman–Crippen LogP) is 7.75. The Morgan fingerprint density at radius 2 is 1.56 bits per heavy atom. The number of halogens is 2. The van der Waals surface area contributed by atoms with Crippen molar-refractivity contribution in [3.63, 3.8) is 0 Å². The first-order valence-corrected chi connectivity index (χ1v) is 30.3. The van der Waals surface area contributed by atoms with Crippen molar-refractivity contribution in [2.45, 2.75) is 137 Å². The number of nitrogens with one attached hydrogen (secondary N) is 4. The smallest absolute Gasteiger partial charge is 0.410 e. The summed E-state index contributed by atoms with van der Waals surface area (Å²) in [5.41, 5.74) is 3.49. The van der Waals surface area contributed by atoms with Crippen LogP contribution in [0.15, 0.2) is 104 Å². The maximum Gasteiger partial charge on any atom is 0.410 e. The molecule has 8 rings (SSSR count). The maximum absolute atomic E-state index is 15.1. The second-order valence-corrected chi connectivity index (χ2v) is 24.5. The van der Waals surface area contributed by atoms with Gasteiger partial charge in [-0.25, -0.2) is 23.5 Å². The van der Waals surface area contributed by atoms with E-state index < -0.39 is 64.6 Å². The van der Waals surface area contributed by atoms with Crippen LogP contribution in [-0.2, 0) is 72.4 Å². The predicted molar refractivity (Wildman–Crippen MR) is 331 cm³/mol. The van der Waals surface area contributed by atoms with Crippen molar-refractivity contribution >= 4 is 41.3 Å². The molecule has 2 aromatic heterocycles. The molecule has 3 heterocycles. The molecule has 90 heavy (non-hydrogen) atoms. The van der Waals surface area contributed by atoms with Crippen molar-refractivity contribution in [2.24, 2.45) is 5.41 Å². The number of aromatic nitrogens is 5. The molecule has 0 spiro atoms. The monoisotopic (exact) mass is 1240 g/mol. The SMILES string of the molecule is C[C@@H](C(=O)N[C@H](C(=O)N1Cc2cc(OCCOCCOCC(=O)N(C)CCCn3c(CNc4cccc(C(=O)NCc5c(F)cccc5F)c4)nnc3-c3ccncn3)ccc2CC1C(=O)N[C@@H]1CCCc2ccccc21)C(C)(C)C)N(C)C(=O)OC(C)(C)C. The highest BCUT2D eigenvalue weighted by Crippen LogP contribution is 2.34. The molecule has 0 saturated carbocycles. The number of benzene rings is 4. The summed E-state index contributed by atoms with van der Waals surface area (Å²) in [6.07, 6.45) is 5.65. The highest BCUT2D eigenvalue weighted by atomic mass is 19.1. The van der Waals surface area contributed by atoms with Crippen molar-refractivity contribution in [3.8, 4) is 17.3 Å². The van der Waals surface area contributed by atoms with Gasteiger partial charge in [-0.15, -0.1) is 10.2 Å². The quantitative estimate of drug-likeness (QED) is 0.0379. The van der Waals surface area contributed by atoms with Crippen LogP contribution in [0, 0.1) is 17.0 Å². The van der Waals surface area contributed by atoms with Crippen LogP contribution in [0.25, 0.3) is 11.5 Å². The Balaban J connectivity index is 0.809. The highest BCUT2D eigenvalue weighted by molar-refractivity contribution is 5.96. The largest absolute Gasteiger partial charge is 0.491 e. The van der Waals surface area contributed by atoms with E-state index in [0.29, 0.717) is 48.3 Å². The lowest BCUT2D eigenvalue weighted by Crippen LogP contribution is -2.62. The zero-order valence-electron chi connectivity index (χ0n) is 52.6. The maximum atomic E-state index is 15.1. The molecule has 0 saturated heterocycles. The molecule has 1 unspecified atom stereocenters. The number of aryl methyl sites for hydroxylation is 1. The molecule has 4 N–H and O–H groups in total. The van der Waals surface area contributed by atoms with E-state index in [-0.39, 0.29) is 88.1 Å². The van der Waals surface area contributed by atoms with Gasteiger partial charge < -0.3 is 54.6 Å². The summed E-state index contributed by atoms with van der Waals surface area (Å²) in [5, 5.41) is 20.9. The molecule has 480 valence electrons. The molecule has 0 radical (unpaired) electrons. The van der Waals surface area contributed by atoms with E-state index in [2.05, 4.69) is 47.5 Å². The van der Waals surface area contributed by atoms with Gasteiger partial charge in [-0.3, -0.25) is 28.9 Å². The first kappa shape index (κ1) is 67.0. The van der Waals surface area contributed by atoms with E-state index in [0.717, 1.165) is 48.1 Å². The van der Waals surface area contributed by atoms with Gasteiger partial charge in [0.05, 0.1) is 32.4 Å². The van der Waals surface area contributed by atoms with Crippen LogP contribution >= 0.6 is 0 Å². The van der Waals surface area contributed by atoms with Crippen LogP contribution < -0.4 is 26.0 Å². The van der Waals surface area contributed by atoms with Crippen LogP contribution in [0.5, 0.6) is 5.75 Å². The van der Waals surface area contributed by atoms with E-state index in [1.165, 1.54) is 29.9 Å². The Labute approximate surface area is 523 Å². The fourth-order valence-electron chi connectivity index (χ4n) is 10.6. The number of ether oxygens (including phenoxy) is 4. The summed E-state index contributed by atoms with van der Waals surface area (Å²) in [6.45, 7) is 13.6. The minimum absolute atomic E-state index is 0.0605. The second-order valence-electron chi connectivity index (χ2n) is 24.5. The molecule has 24 heteroatoms. The average molecular weight is 1240 g/mol. The van der Waals surface area contributed by atoms with E-state index in [1.54, 1.807) is 81.1 Å². The van der Waals surface area contributed by atoms with E-state index in [4.69, 9.17) is 18.9 Å². The molecule has 1 aliphatic heterocycles. The topological polar surface area (TPSA) is 254 Å². The summed E-state index contributed by atoms with van der Waals surface area (Å²) in [7, 11) is 3.16. The molecule has 22 nitrogen and oxygen atoms in total. The minimum Gasteiger partial charge on any atom is -0.491 e. The van der Waals surface area contributed by atoms with Crippen molar-refractivity contribution in [3.05, 3.63) is 154 Å². The number of carbonyl (C=O) groups excluding carboxylic acids is 6. The normalized spacial score (nSPS) is 15.3. The summed E-state index contributed by atoms with van der Waals surface area (Å²) in [4.78, 5) is 95.4. The lowest BCUT2D eigenvalue weighted by Gasteiger charge is -2.42. The molecular weight excluding hydrogens is 1160 g/mol. The van der Waals surface area contributed by atoms with Gasteiger partial charge >= 0.3 is 6.09 Å². The first-order valence-electron chi connectivity index (χ1n) is 30.3. The molecule has 1 aliphatic carbocycles. The van der Waals surface area contributed by atoms with Gasteiger partial charge in [0.2, 0.25) is 23.6 Å². The van der Waals surface area contributed by atoms with Crippen molar-refractivity contribution in [1.82, 2.24) is 55.4 Å². The molecule has 0 fully saturated rings. The Hall–Kier alpha value is -8.90. The molecule has 2 aliphatic rings. The molecule has 4 atom stereocenters. The summed E-state index contributed by atoms with van der Waals surface area (Å²) >= 11 is 0. The van der Waals surface area contributed by atoms with Gasteiger partial charge in [-0.2, -0.15) is 0 Å². The van der Waals surface area contributed by atoms with Crippen LogP contribution in [0.4, 0.5) is 19.3 Å². The van der Waals surface area contributed by atoms with Crippen molar-refractivity contribution in [1.29, 1.82) is 0 Å². The number of rotatable bonds is 26. The van der Waals surface area contributed by atoms with E-state index in [1.807, 2.05) is 61.7 Å². The lowest BCUT2D eigenvalue weighted by atomic mass is 9.83. The Morgan fingerprint density at radius 3 is 2.30 bits per heavy atom. The molecule has 4 aromatic carbocycles. The summed E-state index contributed by atoms with van der Waals surface area (Å²) in [6, 6.07) is 22.4. The summed E-state index contributed by atoms with van der Waals surface area (Å²) in [5.74, 6) is -1.94. The Kier molecular flexibility index (Phi) is 22.7. The summed E-state index contributed by atoms with van der Waals surface area (Å²) < 4.78 is 53.4. The Morgan fingerprint density at radius 1 is 0.811 bits per heavy atom. The van der Waals surface area contributed by atoms with Gasteiger partial charge in [-0.1, -0.05) is 63.2 Å². The molecule has 6 aromatic rings. The van der Waals surface area contributed by atoms with Crippen LogP contribution in [0.2, 0.25) is 0 Å². The standard InChI is InChI=1S/C66H82F2N12O10/c1-42(78(9)64(86)90-66(5,6)7)60(82)74-58(65(2,3)4)63(85)80-39-46-35-48(25-24-44(46)36-55(80)62(84)73-53-23-13-17-43-16-10-11-20-49(43)53)89-33-32-87-30-31-88-40-57(81)77(8)28-15-29-79-56(75-76-59(79)54-26-27-69-41-72-54)38-70-47-19-12-18-45(34-47)61(83)71-37-50-51(67)21-14-22-52(50)68/h10-12,14,16,18-22,24-27,34-35,41-42,53,55,58,70H,13,15,17,23,28-33,36-40H2,1-9H3,(H,71,83)(H,73,84)(H,74,82)/t42-,53+,55?,58+/m0/s1. The molecule has 6 amide bonds. The number of carbonyl (C=O) groups is 6. The number of fused-ring (bicyclic) bond motifs is 2. The fourth-order valence-corrected chi connectivity index (χ4v) is 10.6. The number of amides is 6. The van der Waals surface area contributed by atoms with Crippen LogP contribution in [-0.4, -0.2) is 152 Å². The van der Waals surface area contributed by atoms with Gasteiger partial charge in [0, 0.05) is 69.7 Å². The van der Waals surface area contributed by atoms with Gasteiger partial charge in [0.25, 0.3) is 5.91 Å². The van der Waals surface area contributed by atoms with Crippen LogP contribution in [0.3, 0.4) is 0 Å². The lowest BCUT2D eigenvalue weighted by molar-refractivity contribution is -0.147. The van der Waals surface area contributed by atoms with E-state index >= 15 is 4.79 Å². The highest BCUT2D eigenvalue weighted by Gasteiger charge is 2.44. The third-order valence-electron chi connectivity index (χ3n) is 15.7. The van der Waals surface area contributed by atoms with Gasteiger partial charge in [-0.05, 0) is 130 Å². The molecular formula is C66H82F2N12O10. The zero-order chi connectivity index (χ0) is 64.7. The van der Waals surface area contributed by atoms with Crippen LogP contribution in [0.1, 0.15) is 118 Å². The second kappa shape index (κ2) is 30.5. The van der Waals surface area contributed by atoms with Gasteiger partial charge in [0.1, 0.15) is 66.3 Å². The average Bonchev–Trinajstić information content (AvgIpc) is 1.13. The van der Waals surface area contributed by atoms with Crippen molar-refractivity contribution < 1.29 is 56.5 Å². The zero-order valence-corrected chi connectivity index (χ0v) is 52.6. The number of anilines is 1. The minimum atomic E-state index is -1.08. The third kappa shape index (κ3) is 17.9. The Bertz CT molecular complexity index is 3460. The number of nitrogens with zero attached hydrogens (tertiary/aromatic N) is 8.